The average molecular weight is 306 g/mol. The molecule has 1 saturated heterocycles. The van der Waals surface area contributed by atoms with Crippen molar-refractivity contribution in [1.29, 1.82) is 0 Å². The standard InChI is InChI=1S/C14H27N3O2.ClH/c1-3-7-13(18)17-11-5-4-8-12(17)14(19)16-10-6-9-15-2;/h12,15H,3-11H2,1-2H3,(H,16,19);1H. The van der Waals surface area contributed by atoms with Gasteiger partial charge in [-0.05, 0) is 45.7 Å². The molecular weight excluding hydrogens is 278 g/mol. The van der Waals surface area contributed by atoms with Gasteiger partial charge in [0.25, 0.3) is 0 Å². The molecule has 118 valence electrons. The number of carbonyl (C=O) groups is 2. The van der Waals surface area contributed by atoms with Crippen LogP contribution in [0.3, 0.4) is 0 Å². The van der Waals surface area contributed by atoms with Gasteiger partial charge in [-0.2, -0.15) is 0 Å². The van der Waals surface area contributed by atoms with E-state index in [4.69, 9.17) is 0 Å². The molecule has 0 bridgehead atoms. The normalized spacial score (nSPS) is 18.3. The summed E-state index contributed by atoms with van der Waals surface area (Å²) in [5.41, 5.74) is 0. The maximum Gasteiger partial charge on any atom is 0.242 e. The molecule has 1 unspecified atom stereocenters. The van der Waals surface area contributed by atoms with Crippen LogP contribution in [0.2, 0.25) is 0 Å². The van der Waals surface area contributed by atoms with Crippen molar-refractivity contribution < 1.29 is 9.59 Å². The summed E-state index contributed by atoms with van der Waals surface area (Å²) in [6.07, 6.45) is 5.14. The number of hydrogen-bond donors (Lipinski definition) is 2. The Kier molecular flexibility index (Phi) is 10.5. The molecule has 20 heavy (non-hydrogen) atoms. The summed E-state index contributed by atoms with van der Waals surface area (Å²) >= 11 is 0. The van der Waals surface area contributed by atoms with Gasteiger partial charge in [0.15, 0.2) is 0 Å². The van der Waals surface area contributed by atoms with Crippen LogP contribution in [0.4, 0.5) is 0 Å². The molecule has 6 heteroatoms. The molecular formula is C14H28ClN3O2. The third kappa shape index (κ3) is 6.09. The summed E-state index contributed by atoms with van der Waals surface area (Å²) < 4.78 is 0. The Labute approximate surface area is 128 Å². The van der Waals surface area contributed by atoms with Gasteiger partial charge in [0.2, 0.25) is 11.8 Å². The zero-order chi connectivity index (χ0) is 14.1. The van der Waals surface area contributed by atoms with E-state index in [-0.39, 0.29) is 30.3 Å². The van der Waals surface area contributed by atoms with E-state index in [1.807, 2.05) is 14.0 Å². The monoisotopic (exact) mass is 305 g/mol. The number of hydrogen-bond acceptors (Lipinski definition) is 3. The quantitative estimate of drug-likeness (QED) is 0.697. The van der Waals surface area contributed by atoms with Crippen molar-refractivity contribution in [3.63, 3.8) is 0 Å². The highest BCUT2D eigenvalue weighted by Gasteiger charge is 2.31. The van der Waals surface area contributed by atoms with Gasteiger partial charge in [0.1, 0.15) is 6.04 Å². The van der Waals surface area contributed by atoms with E-state index < -0.39 is 0 Å². The number of halogens is 1. The van der Waals surface area contributed by atoms with Gasteiger partial charge < -0.3 is 15.5 Å². The number of rotatable bonds is 7. The molecule has 0 spiro atoms. The smallest absolute Gasteiger partial charge is 0.242 e. The van der Waals surface area contributed by atoms with Crippen LogP contribution in [0.15, 0.2) is 0 Å². The lowest BCUT2D eigenvalue weighted by Crippen LogP contribution is -2.52. The number of carbonyl (C=O) groups excluding carboxylic acids is 2. The van der Waals surface area contributed by atoms with Gasteiger partial charge in [-0.3, -0.25) is 9.59 Å². The summed E-state index contributed by atoms with van der Waals surface area (Å²) in [5.74, 6) is 0.137. The van der Waals surface area contributed by atoms with Crippen molar-refractivity contribution in [2.75, 3.05) is 26.7 Å². The Morgan fingerprint density at radius 3 is 2.65 bits per heavy atom. The Morgan fingerprint density at radius 1 is 1.25 bits per heavy atom. The first-order valence-electron chi connectivity index (χ1n) is 7.42. The van der Waals surface area contributed by atoms with Crippen molar-refractivity contribution >= 4 is 24.2 Å². The van der Waals surface area contributed by atoms with Crippen LogP contribution in [-0.4, -0.2) is 49.4 Å². The van der Waals surface area contributed by atoms with E-state index in [0.717, 1.165) is 45.2 Å². The Bertz CT molecular complexity index is 300. The highest BCUT2D eigenvalue weighted by molar-refractivity contribution is 5.87. The third-order valence-corrected chi connectivity index (χ3v) is 3.49. The predicted molar refractivity (Wildman–Crippen MR) is 83.1 cm³/mol. The van der Waals surface area contributed by atoms with Crippen molar-refractivity contribution in [2.24, 2.45) is 0 Å². The van der Waals surface area contributed by atoms with Gasteiger partial charge in [0, 0.05) is 19.5 Å². The lowest BCUT2D eigenvalue weighted by molar-refractivity contribution is -0.142. The molecule has 0 aliphatic carbocycles. The topological polar surface area (TPSA) is 61.4 Å². The van der Waals surface area contributed by atoms with Gasteiger partial charge >= 0.3 is 0 Å². The Hall–Kier alpha value is -0.810. The summed E-state index contributed by atoms with van der Waals surface area (Å²) in [4.78, 5) is 26.0. The first-order valence-corrected chi connectivity index (χ1v) is 7.42. The van der Waals surface area contributed by atoms with Crippen LogP contribution in [0.25, 0.3) is 0 Å². The SMILES string of the molecule is CCCC(=O)N1CCCCC1C(=O)NCCCNC.Cl. The molecule has 0 saturated carbocycles. The molecule has 2 amide bonds. The van der Waals surface area contributed by atoms with E-state index in [0.29, 0.717) is 13.0 Å². The number of nitrogens with one attached hydrogen (secondary N) is 2. The van der Waals surface area contributed by atoms with Gasteiger partial charge in [-0.1, -0.05) is 6.92 Å². The van der Waals surface area contributed by atoms with Crippen LogP contribution in [-0.2, 0) is 9.59 Å². The maximum absolute atomic E-state index is 12.2. The van der Waals surface area contributed by atoms with E-state index >= 15 is 0 Å². The fourth-order valence-electron chi connectivity index (χ4n) is 2.45. The van der Waals surface area contributed by atoms with Crippen LogP contribution >= 0.6 is 12.4 Å². The third-order valence-electron chi connectivity index (χ3n) is 3.49. The molecule has 0 aromatic rings. The Morgan fingerprint density at radius 2 is 2.00 bits per heavy atom. The van der Waals surface area contributed by atoms with Crippen molar-refractivity contribution in [1.82, 2.24) is 15.5 Å². The largest absolute Gasteiger partial charge is 0.354 e. The second kappa shape index (κ2) is 10.9. The number of nitrogens with zero attached hydrogens (tertiary/aromatic N) is 1. The van der Waals surface area contributed by atoms with E-state index in [1.165, 1.54) is 0 Å². The fraction of sp³-hybridized carbons (Fsp3) is 0.857. The highest BCUT2D eigenvalue weighted by atomic mass is 35.5. The van der Waals surface area contributed by atoms with Gasteiger partial charge in [-0.15, -0.1) is 12.4 Å². The van der Waals surface area contributed by atoms with E-state index in [9.17, 15) is 9.59 Å². The van der Waals surface area contributed by atoms with Crippen LogP contribution < -0.4 is 10.6 Å². The summed E-state index contributed by atoms with van der Waals surface area (Å²) in [5, 5.41) is 5.99. The second-order valence-corrected chi connectivity index (χ2v) is 5.10. The van der Waals surface area contributed by atoms with Gasteiger partial charge in [-0.25, -0.2) is 0 Å². The summed E-state index contributed by atoms with van der Waals surface area (Å²) in [7, 11) is 1.90. The molecule has 0 aromatic heterocycles. The lowest BCUT2D eigenvalue weighted by Gasteiger charge is -2.34. The van der Waals surface area contributed by atoms with Crippen LogP contribution in [0.1, 0.15) is 45.4 Å². The highest BCUT2D eigenvalue weighted by Crippen LogP contribution is 2.18. The van der Waals surface area contributed by atoms with Crippen LogP contribution in [0.5, 0.6) is 0 Å². The maximum atomic E-state index is 12.2. The van der Waals surface area contributed by atoms with Crippen molar-refractivity contribution in [2.45, 2.75) is 51.5 Å². The number of piperidine rings is 1. The first kappa shape index (κ1) is 19.2. The van der Waals surface area contributed by atoms with E-state index in [1.54, 1.807) is 4.90 Å². The summed E-state index contributed by atoms with van der Waals surface area (Å²) in [6, 6.07) is -0.248. The zero-order valence-electron chi connectivity index (χ0n) is 12.6. The minimum atomic E-state index is -0.248. The molecule has 1 atom stereocenters. The number of amides is 2. The predicted octanol–water partition coefficient (Wildman–Crippen LogP) is 1.32. The first-order chi connectivity index (χ1) is 9.20. The molecule has 1 heterocycles. The Balaban J connectivity index is 0.00000361. The molecule has 5 nitrogen and oxygen atoms in total. The second-order valence-electron chi connectivity index (χ2n) is 5.10. The minimum Gasteiger partial charge on any atom is -0.354 e. The van der Waals surface area contributed by atoms with Crippen LogP contribution in [0, 0.1) is 0 Å². The molecule has 0 aromatic carbocycles. The molecule has 0 radical (unpaired) electrons. The molecule has 1 aliphatic heterocycles. The van der Waals surface area contributed by atoms with Crippen molar-refractivity contribution in [3.05, 3.63) is 0 Å². The fourth-order valence-corrected chi connectivity index (χ4v) is 2.45. The average Bonchev–Trinajstić information content (AvgIpc) is 2.43. The summed E-state index contributed by atoms with van der Waals surface area (Å²) in [6.45, 7) is 4.29. The van der Waals surface area contributed by atoms with Crippen molar-refractivity contribution in [3.8, 4) is 0 Å². The molecule has 2 N–H and O–H groups in total. The molecule has 1 fully saturated rings. The van der Waals surface area contributed by atoms with E-state index in [2.05, 4.69) is 10.6 Å². The number of likely N-dealkylation sites (tertiary alicyclic amines) is 1. The zero-order valence-corrected chi connectivity index (χ0v) is 13.4. The van der Waals surface area contributed by atoms with Gasteiger partial charge in [0.05, 0.1) is 0 Å². The molecule has 1 aliphatic rings. The lowest BCUT2D eigenvalue weighted by atomic mass is 10.0. The molecule has 1 rings (SSSR count). The minimum absolute atomic E-state index is 0.